The first-order valence-electron chi connectivity index (χ1n) is 9.23. The summed E-state index contributed by atoms with van der Waals surface area (Å²) in [5.74, 6) is 0.288. The van der Waals surface area contributed by atoms with E-state index in [-0.39, 0.29) is 5.75 Å². The maximum atomic E-state index is 12.6. The predicted molar refractivity (Wildman–Crippen MR) is 114 cm³/mol. The summed E-state index contributed by atoms with van der Waals surface area (Å²) < 4.78 is 18.1. The molecule has 30 heavy (non-hydrogen) atoms. The Labute approximate surface area is 176 Å². The minimum atomic E-state index is -0.595. The molecule has 1 aliphatic heterocycles. The number of carbonyl (C=O) groups is 2. The standard InChI is InChI=1S/C20H20N4O5S/c1-3-16(25)29-13-6-7-24(12-13)20(26)22-19-21-17-15(27-2)5-4-14(18(17)30-19)23-8-10-28-11-9-23/h3-7,12H,1,8-11H2,2H3,(H,21,22,26). The van der Waals surface area contributed by atoms with Crippen LogP contribution >= 0.6 is 11.3 Å². The number of carbonyl (C=O) groups excluding carboxylic acids is 2. The third-order valence-electron chi connectivity index (χ3n) is 4.56. The van der Waals surface area contributed by atoms with Gasteiger partial charge in [0.15, 0.2) is 5.13 Å². The Bertz CT molecular complexity index is 1100. The number of anilines is 2. The zero-order valence-electron chi connectivity index (χ0n) is 16.3. The van der Waals surface area contributed by atoms with Crippen LogP contribution < -0.4 is 19.7 Å². The summed E-state index contributed by atoms with van der Waals surface area (Å²) in [7, 11) is 1.59. The van der Waals surface area contributed by atoms with E-state index in [1.165, 1.54) is 34.4 Å². The van der Waals surface area contributed by atoms with Crippen LogP contribution in [0.25, 0.3) is 10.2 Å². The number of aromatic nitrogens is 2. The number of hydrogen-bond donors (Lipinski definition) is 1. The molecule has 156 valence electrons. The van der Waals surface area contributed by atoms with Crippen molar-refractivity contribution in [2.45, 2.75) is 0 Å². The Morgan fingerprint density at radius 3 is 2.83 bits per heavy atom. The summed E-state index contributed by atoms with van der Waals surface area (Å²) in [6, 6.07) is 4.97. The van der Waals surface area contributed by atoms with E-state index in [1.807, 2.05) is 12.1 Å². The van der Waals surface area contributed by atoms with Crippen molar-refractivity contribution < 1.29 is 23.8 Å². The van der Waals surface area contributed by atoms with Gasteiger partial charge in [0.05, 0.1) is 36.9 Å². The van der Waals surface area contributed by atoms with Gasteiger partial charge in [0.1, 0.15) is 17.0 Å². The molecule has 4 rings (SSSR count). The average Bonchev–Trinajstić information content (AvgIpc) is 3.40. The van der Waals surface area contributed by atoms with Crippen molar-refractivity contribution in [1.82, 2.24) is 9.55 Å². The second-order valence-corrected chi connectivity index (χ2v) is 7.39. The second kappa shape index (κ2) is 8.56. The molecule has 1 N–H and O–H groups in total. The molecule has 0 radical (unpaired) electrons. The van der Waals surface area contributed by atoms with Crippen LogP contribution in [0, 0.1) is 0 Å². The Hall–Kier alpha value is -3.37. The second-order valence-electron chi connectivity index (χ2n) is 6.39. The third-order valence-corrected chi connectivity index (χ3v) is 5.55. The summed E-state index contributed by atoms with van der Waals surface area (Å²) in [5, 5.41) is 3.22. The summed E-state index contributed by atoms with van der Waals surface area (Å²) in [5.41, 5.74) is 1.72. The van der Waals surface area contributed by atoms with Gasteiger partial charge in [-0.2, -0.15) is 0 Å². The van der Waals surface area contributed by atoms with Gasteiger partial charge in [0, 0.05) is 25.4 Å². The van der Waals surface area contributed by atoms with Crippen molar-refractivity contribution in [2.24, 2.45) is 0 Å². The fraction of sp³-hybridized carbons (Fsp3) is 0.250. The number of fused-ring (bicyclic) bond motifs is 1. The third kappa shape index (κ3) is 4.00. The Morgan fingerprint density at radius 1 is 1.30 bits per heavy atom. The highest BCUT2D eigenvalue weighted by atomic mass is 32.1. The number of ether oxygens (including phenoxy) is 3. The van der Waals surface area contributed by atoms with Crippen LogP contribution in [0.2, 0.25) is 0 Å². The van der Waals surface area contributed by atoms with E-state index in [0.717, 1.165) is 29.6 Å². The van der Waals surface area contributed by atoms with Crippen molar-refractivity contribution in [2.75, 3.05) is 43.6 Å². The molecule has 0 saturated carbocycles. The minimum absolute atomic E-state index is 0.246. The van der Waals surface area contributed by atoms with Gasteiger partial charge in [-0.05, 0) is 18.2 Å². The van der Waals surface area contributed by atoms with E-state index in [0.29, 0.717) is 29.6 Å². The number of rotatable bonds is 5. The fourth-order valence-electron chi connectivity index (χ4n) is 3.12. The lowest BCUT2D eigenvalue weighted by molar-refractivity contribution is -0.128. The van der Waals surface area contributed by atoms with Crippen LogP contribution in [0.1, 0.15) is 0 Å². The molecular weight excluding hydrogens is 408 g/mol. The van der Waals surface area contributed by atoms with Crippen molar-refractivity contribution in [1.29, 1.82) is 0 Å². The van der Waals surface area contributed by atoms with Gasteiger partial charge in [0.2, 0.25) is 0 Å². The molecule has 0 unspecified atom stereocenters. The summed E-state index contributed by atoms with van der Waals surface area (Å²) in [6.45, 7) is 6.26. The highest BCUT2D eigenvalue weighted by molar-refractivity contribution is 7.23. The molecule has 2 aromatic heterocycles. The van der Waals surface area contributed by atoms with Gasteiger partial charge >= 0.3 is 12.0 Å². The molecule has 0 spiro atoms. The van der Waals surface area contributed by atoms with Crippen molar-refractivity contribution >= 4 is 44.4 Å². The maximum absolute atomic E-state index is 12.6. The van der Waals surface area contributed by atoms with E-state index < -0.39 is 12.0 Å². The molecule has 1 amide bonds. The fourth-order valence-corrected chi connectivity index (χ4v) is 4.13. The van der Waals surface area contributed by atoms with E-state index in [1.54, 1.807) is 7.11 Å². The normalized spacial score (nSPS) is 13.8. The molecule has 10 heteroatoms. The lowest BCUT2D eigenvalue weighted by atomic mass is 10.2. The van der Waals surface area contributed by atoms with Crippen LogP contribution in [-0.4, -0.2) is 55.0 Å². The Balaban J connectivity index is 1.59. The van der Waals surface area contributed by atoms with Crippen molar-refractivity contribution in [3.63, 3.8) is 0 Å². The average molecular weight is 428 g/mol. The lowest BCUT2D eigenvalue weighted by Gasteiger charge is -2.29. The van der Waals surface area contributed by atoms with Crippen molar-refractivity contribution in [3.8, 4) is 11.5 Å². The molecule has 1 fully saturated rings. The highest BCUT2D eigenvalue weighted by Crippen LogP contribution is 2.39. The molecule has 1 aliphatic rings. The van der Waals surface area contributed by atoms with Crippen LogP contribution in [-0.2, 0) is 9.53 Å². The number of esters is 1. The minimum Gasteiger partial charge on any atom is -0.494 e. The Morgan fingerprint density at radius 2 is 2.10 bits per heavy atom. The largest absolute Gasteiger partial charge is 0.494 e. The van der Waals surface area contributed by atoms with Gasteiger partial charge < -0.3 is 19.1 Å². The van der Waals surface area contributed by atoms with Crippen molar-refractivity contribution in [3.05, 3.63) is 43.2 Å². The number of hydrogen-bond acceptors (Lipinski definition) is 8. The molecule has 0 bridgehead atoms. The number of amides is 1. The summed E-state index contributed by atoms with van der Waals surface area (Å²) >= 11 is 1.37. The van der Waals surface area contributed by atoms with E-state index in [9.17, 15) is 9.59 Å². The summed E-state index contributed by atoms with van der Waals surface area (Å²) in [6.07, 6.45) is 3.95. The zero-order chi connectivity index (χ0) is 21.1. The number of methoxy groups -OCH3 is 1. The maximum Gasteiger partial charge on any atom is 0.335 e. The SMILES string of the molecule is C=CC(=O)Oc1ccn(C(=O)Nc2nc3c(OC)ccc(N4CCOCC4)c3s2)c1. The highest BCUT2D eigenvalue weighted by Gasteiger charge is 2.20. The molecule has 1 saturated heterocycles. The first kappa shape index (κ1) is 19.9. The first-order valence-corrected chi connectivity index (χ1v) is 10.0. The van der Waals surface area contributed by atoms with Gasteiger partial charge in [-0.15, -0.1) is 0 Å². The lowest BCUT2D eigenvalue weighted by Crippen LogP contribution is -2.36. The monoisotopic (exact) mass is 428 g/mol. The predicted octanol–water partition coefficient (Wildman–Crippen LogP) is 3.11. The molecule has 0 atom stereocenters. The molecule has 9 nitrogen and oxygen atoms in total. The summed E-state index contributed by atoms with van der Waals surface area (Å²) in [4.78, 5) is 30.7. The zero-order valence-corrected chi connectivity index (χ0v) is 17.1. The molecular formula is C20H20N4O5S. The van der Waals surface area contributed by atoms with Crippen LogP contribution in [0.5, 0.6) is 11.5 Å². The quantitative estimate of drug-likeness (QED) is 0.493. The van der Waals surface area contributed by atoms with Gasteiger partial charge in [0.25, 0.3) is 0 Å². The number of thiazole rings is 1. The number of nitrogens with zero attached hydrogens (tertiary/aromatic N) is 3. The Kier molecular flexibility index (Phi) is 5.68. The number of morpholine rings is 1. The molecule has 1 aromatic carbocycles. The number of nitrogens with one attached hydrogen (secondary N) is 1. The van der Waals surface area contributed by atoms with Gasteiger partial charge in [-0.3, -0.25) is 9.88 Å². The molecule has 3 heterocycles. The van der Waals surface area contributed by atoms with E-state index in [2.05, 4.69) is 21.8 Å². The van der Waals surface area contributed by atoms with E-state index >= 15 is 0 Å². The first-order chi connectivity index (χ1) is 14.6. The van der Waals surface area contributed by atoms with Crippen LogP contribution in [0.15, 0.2) is 43.2 Å². The molecule has 0 aliphatic carbocycles. The smallest absolute Gasteiger partial charge is 0.335 e. The number of benzene rings is 1. The van der Waals surface area contributed by atoms with Gasteiger partial charge in [-0.25, -0.2) is 14.6 Å². The van der Waals surface area contributed by atoms with Crippen LogP contribution in [0.4, 0.5) is 15.6 Å². The van der Waals surface area contributed by atoms with Gasteiger partial charge in [-0.1, -0.05) is 17.9 Å². The topological polar surface area (TPSA) is 94.9 Å². The van der Waals surface area contributed by atoms with Crippen LogP contribution in [0.3, 0.4) is 0 Å². The molecule has 3 aromatic rings. The van der Waals surface area contributed by atoms with E-state index in [4.69, 9.17) is 14.2 Å².